The first-order chi connectivity index (χ1) is 8.81. The standard InChI is InChI=1S/C14H12N4/c1-18-9-12(10-4-2-3-5-13(10)18)11(8-15)14-16-6-7-17-14/h2-7,9,11H,1H3,(H,16,17). The van der Waals surface area contributed by atoms with Crippen molar-refractivity contribution in [3.8, 4) is 6.07 Å². The Morgan fingerprint density at radius 2 is 2.22 bits per heavy atom. The zero-order valence-electron chi connectivity index (χ0n) is 9.96. The lowest BCUT2D eigenvalue weighted by atomic mass is 9.99. The van der Waals surface area contributed by atoms with Gasteiger partial charge < -0.3 is 9.55 Å². The number of benzene rings is 1. The van der Waals surface area contributed by atoms with Crippen molar-refractivity contribution in [2.45, 2.75) is 5.92 Å². The van der Waals surface area contributed by atoms with Crippen molar-refractivity contribution in [1.29, 1.82) is 5.26 Å². The number of fused-ring (bicyclic) bond motifs is 1. The van der Waals surface area contributed by atoms with E-state index in [-0.39, 0.29) is 5.92 Å². The Balaban J connectivity index is 2.23. The first kappa shape index (κ1) is 10.6. The largest absolute Gasteiger partial charge is 0.350 e. The van der Waals surface area contributed by atoms with Crippen molar-refractivity contribution in [3.05, 3.63) is 54.2 Å². The molecule has 0 amide bonds. The SMILES string of the molecule is Cn1cc(C(C#N)c2ncc[nH]2)c2ccccc21. The number of rotatable bonds is 2. The number of hydrogen-bond acceptors (Lipinski definition) is 2. The highest BCUT2D eigenvalue weighted by atomic mass is 14.9. The third-order valence-electron chi connectivity index (χ3n) is 3.16. The minimum absolute atomic E-state index is 0.355. The normalized spacial score (nSPS) is 12.4. The molecule has 0 aliphatic heterocycles. The van der Waals surface area contributed by atoms with Crippen LogP contribution in [0.15, 0.2) is 42.9 Å². The van der Waals surface area contributed by atoms with Crippen LogP contribution in [0, 0.1) is 11.3 Å². The van der Waals surface area contributed by atoms with Crippen molar-refractivity contribution in [2.75, 3.05) is 0 Å². The van der Waals surface area contributed by atoms with E-state index < -0.39 is 0 Å². The van der Waals surface area contributed by atoms with E-state index in [1.54, 1.807) is 12.4 Å². The molecule has 0 aliphatic carbocycles. The minimum Gasteiger partial charge on any atom is -0.350 e. The number of nitriles is 1. The zero-order valence-corrected chi connectivity index (χ0v) is 9.96. The molecule has 1 unspecified atom stereocenters. The Bertz CT molecular complexity index is 716. The van der Waals surface area contributed by atoms with Gasteiger partial charge >= 0.3 is 0 Å². The van der Waals surface area contributed by atoms with Crippen LogP contribution in [-0.4, -0.2) is 14.5 Å². The van der Waals surface area contributed by atoms with E-state index in [1.807, 2.05) is 36.0 Å². The molecule has 1 aromatic carbocycles. The molecular formula is C14H12N4. The molecule has 3 aromatic rings. The van der Waals surface area contributed by atoms with E-state index >= 15 is 0 Å². The Kier molecular flexibility index (Phi) is 2.38. The van der Waals surface area contributed by atoms with Gasteiger partial charge in [-0.15, -0.1) is 0 Å². The predicted octanol–water partition coefficient (Wildman–Crippen LogP) is 2.56. The highest BCUT2D eigenvalue weighted by Crippen LogP contribution is 2.29. The van der Waals surface area contributed by atoms with E-state index in [1.165, 1.54) is 0 Å². The maximum atomic E-state index is 9.40. The number of H-pyrrole nitrogens is 1. The molecule has 0 saturated heterocycles. The molecular weight excluding hydrogens is 224 g/mol. The summed E-state index contributed by atoms with van der Waals surface area (Å²) in [7, 11) is 1.99. The summed E-state index contributed by atoms with van der Waals surface area (Å²) in [5, 5.41) is 10.5. The van der Waals surface area contributed by atoms with Gasteiger partial charge in [0.25, 0.3) is 0 Å². The average molecular weight is 236 g/mol. The van der Waals surface area contributed by atoms with E-state index in [0.717, 1.165) is 16.5 Å². The summed E-state index contributed by atoms with van der Waals surface area (Å²) in [6, 6.07) is 10.4. The second kappa shape index (κ2) is 4.04. The lowest BCUT2D eigenvalue weighted by Gasteiger charge is -2.04. The molecule has 1 atom stereocenters. The molecule has 3 rings (SSSR count). The summed E-state index contributed by atoms with van der Waals surface area (Å²) in [6.07, 6.45) is 5.41. The van der Waals surface area contributed by atoms with Crippen molar-refractivity contribution < 1.29 is 0 Å². The molecule has 0 fully saturated rings. The number of nitrogens with one attached hydrogen (secondary N) is 1. The van der Waals surface area contributed by atoms with Gasteiger partial charge in [0.15, 0.2) is 0 Å². The van der Waals surface area contributed by atoms with E-state index in [2.05, 4.69) is 22.1 Å². The molecule has 18 heavy (non-hydrogen) atoms. The smallest absolute Gasteiger partial charge is 0.131 e. The molecule has 88 valence electrons. The number of aromatic amines is 1. The summed E-state index contributed by atoms with van der Waals surface area (Å²) >= 11 is 0. The second-order valence-electron chi connectivity index (χ2n) is 4.25. The van der Waals surface area contributed by atoms with E-state index in [4.69, 9.17) is 0 Å². The maximum absolute atomic E-state index is 9.40. The van der Waals surface area contributed by atoms with Crippen LogP contribution < -0.4 is 0 Å². The number of imidazole rings is 1. The highest BCUT2D eigenvalue weighted by molar-refractivity contribution is 5.85. The molecule has 1 N–H and O–H groups in total. The summed E-state index contributed by atoms with van der Waals surface area (Å²) < 4.78 is 2.04. The summed E-state index contributed by atoms with van der Waals surface area (Å²) in [4.78, 5) is 7.21. The number of para-hydroxylation sites is 1. The first-order valence-corrected chi connectivity index (χ1v) is 5.74. The van der Waals surface area contributed by atoms with Gasteiger partial charge in [-0.05, 0) is 6.07 Å². The fraction of sp³-hybridized carbons (Fsp3) is 0.143. The maximum Gasteiger partial charge on any atom is 0.131 e. The molecule has 0 bridgehead atoms. The van der Waals surface area contributed by atoms with Gasteiger partial charge in [-0.2, -0.15) is 5.26 Å². The summed E-state index contributed by atoms with van der Waals surface area (Å²) in [5.41, 5.74) is 2.12. The first-order valence-electron chi connectivity index (χ1n) is 5.74. The van der Waals surface area contributed by atoms with Gasteiger partial charge in [0.2, 0.25) is 0 Å². The minimum atomic E-state index is -0.355. The van der Waals surface area contributed by atoms with Gasteiger partial charge in [0.05, 0.1) is 6.07 Å². The Labute approximate surface area is 105 Å². The van der Waals surface area contributed by atoms with Crippen molar-refractivity contribution in [3.63, 3.8) is 0 Å². The number of hydrogen-bond donors (Lipinski definition) is 1. The summed E-state index contributed by atoms with van der Waals surface area (Å²) in [6.45, 7) is 0. The van der Waals surface area contributed by atoms with Crippen LogP contribution in [0.4, 0.5) is 0 Å². The lowest BCUT2D eigenvalue weighted by molar-refractivity contribution is 0.906. The van der Waals surface area contributed by atoms with Gasteiger partial charge in [-0.25, -0.2) is 4.98 Å². The second-order valence-corrected chi connectivity index (χ2v) is 4.25. The van der Waals surface area contributed by atoms with Gasteiger partial charge in [-0.3, -0.25) is 0 Å². The average Bonchev–Trinajstić information content (AvgIpc) is 3.01. The molecule has 2 aromatic heterocycles. The third kappa shape index (κ3) is 1.49. The quantitative estimate of drug-likeness (QED) is 0.743. The molecule has 0 aliphatic rings. The van der Waals surface area contributed by atoms with Crippen LogP contribution in [0.25, 0.3) is 10.9 Å². The van der Waals surface area contributed by atoms with Crippen LogP contribution in [0.1, 0.15) is 17.3 Å². The van der Waals surface area contributed by atoms with Gasteiger partial charge in [-0.1, -0.05) is 18.2 Å². The monoisotopic (exact) mass is 236 g/mol. The molecule has 0 radical (unpaired) electrons. The Morgan fingerprint density at radius 3 is 2.94 bits per heavy atom. The topological polar surface area (TPSA) is 57.4 Å². The lowest BCUT2D eigenvalue weighted by Crippen LogP contribution is -1.99. The molecule has 2 heterocycles. The van der Waals surface area contributed by atoms with Gasteiger partial charge in [0, 0.05) is 42.1 Å². The summed E-state index contributed by atoms with van der Waals surface area (Å²) in [5.74, 6) is 0.333. The van der Waals surface area contributed by atoms with Crippen LogP contribution in [0.2, 0.25) is 0 Å². The molecule has 0 saturated carbocycles. The molecule has 4 nitrogen and oxygen atoms in total. The third-order valence-corrected chi connectivity index (χ3v) is 3.16. The fourth-order valence-electron chi connectivity index (χ4n) is 2.32. The predicted molar refractivity (Wildman–Crippen MR) is 69.0 cm³/mol. The molecule has 4 heteroatoms. The van der Waals surface area contributed by atoms with Crippen LogP contribution in [0.5, 0.6) is 0 Å². The van der Waals surface area contributed by atoms with Crippen LogP contribution >= 0.6 is 0 Å². The van der Waals surface area contributed by atoms with Crippen molar-refractivity contribution >= 4 is 10.9 Å². The Morgan fingerprint density at radius 1 is 1.39 bits per heavy atom. The number of aryl methyl sites for hydroxylation is 1. The Hall–Kier alpha value is -2.54. The van der Waals surface area contributed by atoms with Crippen LogP contribution in [-0.2, 0) is 7.05 Å². The number of aromatic nitrogens is 3. The van der Waals surface area contributed by atoms with Crippen molar-refractivity contribution in [1.82, 2.24) is 14.5 Å². The molecule has 0 spiro atoms. The van der Waals surface area contributed by atoms with E-state index in [9.17, 15) is 5.26 Å². The van der Waals surface area contributed by atoms with Crippen molar-refractivity contribution in [2.24, 2.45) is 7.05 Å². The van der Waals surface area contributed by atoms with Gasteiger partial charge in [0.1, 0.15) is 11.7 Å². The van der Waals surface area contributed by atoms with Crippen LogP contribution in [0.3, 0.4) is 0 Å². The number of nitrogens with zero attached hydrogens (tertiary/aromatic N) is 3. The fourth-order valence-corrected chi connectivity index (χ4v) is 2.32. The highest BCUT2D eigenvalue weighted by Gasteiger charge is 2.20. The zero-order chi connectivity index (χ0) is 12.5. The van der Waals surface area contributed by atoms with E-state index in [0.29, 0.717) is 5.82 Å².